The highest BCUT2D eigenvalue weighted by Gasteiger charge is 2.12. The van der Waals surface area contributed by atoms with Gasteiger partial charge in [-0.05, 0) is 30.3 Å². The summed E-state index contributed by atoms with van der Waals surface area (Å²) in [7, 11) is 1.79. The van der Waals surface area contributed by atoms with Gasteiger partial charge < -0.3 is 10.6 Å². The number of amides is 1. The number of nitrogen functional groups attached to an aromatic ring is 1. The summed E-state index contributed by atoms with van der Waals surface area (Å²) in [6.45, 7) is 0.574. The van der Waals surface area contributed by atoms with Gasteiger partial charge in [0.1, 0.15) is 0 Å². The van der Waals surface area contributed by atoms with E-state index >= 15 is 0 Å². The predicted molar refractivity (Wildman–Crippen MR) is 95.1 cm³/mol. The smallest absolute Gasteiger partial charge is 0.233 e. The minimum atomic E-state index is 0.0592. The molecule has 21 heavy (non-hydrogen) atoms. The Morgan fingerprint density at radius 3 is 2.86 bits per heavy atom. The van der Waals surface area contributed by atoms with Crippen LogP contribution in [0.1, 0.15) is 4.88 Å². The number of rotatable bonds is 5. The highest BCUT2D eigenvalue weighted by Crippen LogP contribution is 2.28. The summed E-state index contributed by atoms with van der Waals surface area (Å²) < 4.78 is 1.69. The highest BCUT2D eigenvalue weighted by atomic mass is 79.9. The van der Waals surface area contributed by atoms with E-state index < -0.39 is 0 Å². The summed E-state index contributed by atoms with van der Waals surface area (Å²) in [5.74, 6) is 0.417. The second-order valence-electron chi connectivity index (χ2n) is 4.43. The summed E-state index contributed by atoms with van der Waals surface area (Å²) in [6, 6.07) is 9.42. The van der Waals surface area contributed by atoms with Gasteiger partial charge in [-0.25, -0.2) is 0 Å². The zero-order chi connectivity index (χ0) is 15.4. The van der Waals surface area contributed by atoms with Gasteiger partial charge in [0, 0.05) is 27.0 Å². The Balaban J connectivity index is 1.90. The molecule has 2 rings (SSSR count). The van der Waals surface area contributed by atoms with Gasteiger partial charge in [0.15, 0.2) is 0 Å². The van der Waals surface area contributed by atoms with Gasteiger partial charge in [-0.3, -0.25) is 4.79 Å². The van der Waals surface area contributed by atoms with E-state index in [1.54, 1.807) is 11.9 Å². The van der Waals surface area contributed by atoms with E-state index in [2.05, 4.69) is 15.9 Å². The van der Waals surface area contributed by atoms with Crippen molar-refractivity contribution in [1.29, 1.82) is 0 Å². The van der Waals surface area contributed by atoms with Gasteiger partial charge in [-0.1, -0.05) is 27.5 Å². The third-order valence-corrected chi connectivity index (χ3v) is 5.54. The monoisotopic (exact) mass is 404 g/mol. The SMILES string of the molecule is CN(Cc1ccc(Cl)s1)C(=O)CSc1cc(Br)ccc1N. The molecule has 0 bridgehead atoms. The average Bonchev–Trinajstić information content (AvgIpc) is 2.84. The molecule has 0 aliphatic heterocycles. The first-order valence-corrected chi connectivity index (χ1v) is 9.09. The number of anilines is 1. The summed E-state index contributed by atoms with van der Waals surface area (Å²) in [5.41, 5.74) is 6.58. The van der Waals surface area contributed by atoms with Crippen molar-refractivity contribution < 1.29 is 4.79 Å². The van der Waals surface area contributed by atoms with E-state index in [0.717, 1.165) is 18.6 Å². The number of carbonyl (C=O) groups excluding carboxylic acids is 1. The Hall–Kier alpha value is -0.690. The van der Waals surface area contributed by atoms with Crippen molar-refractivity contribution in [3.63, 3.8) is 0 Å². The number of nitrogens with zero attached hydrogens (tertiary/aromatic N) is 1. The van der Waals surface area contributed by atoms with Crippen LogP contribution in [0.25, 0.3) is 0 Å². The number of hydrogen-bond acceptors (Lipinski definition) is 4. The molecular weight excluding hydrogens is 392 g/mol. The van der Waals surface area contributed by atoms with E-state index in [0.29, 0.717) is 18.0 Å². The van der Waals surface area contributed by atoms with Crippen LogP contribution < -0.4 is 5.73 Å². The van der Waals surface area contributed by atoms with Crippen molar-refractivity contribution in [3.05, 3.63) is 44.0 Å². The quantitative estimate of drug-likeness (QED) is 0.588. The third-order valence-electron chi connectivity index (χ3n) is 2.77. The van der Waals surface area contributed by atoms with Crippen LogP contribution in [0, 0.1) is 0 Å². The number of benzene rings is 1. The Bertz CT molecular complexity index is 648. The zero-order valence-corrected chi connectivity index (χ0v) is 15.3. The van der Waals surface area contributed by atoms with E-state index in [9.17, 15) is 4.79 Å². The van der Waals surface area contributed by atoms with Gasteiger partial charge in [0.05, 0.1) is 16.6 Å². The Morgan fingerprint density at radius 1 is 1.43 bits per heavy atom. The molecule has 2 aromatic rings. The maximum atomic E-state index is 12.1. The number of nitrogens with two attached hydrogens (primary N) is 1. The Labute approximate surface area is 145 Å². The minimum Gasteiger partial charge on any atom is -0.398 e. The zero-order valence-electron chi connectivity index (χ0n) is 11.3. The molecule has 3 nitrogen and oxygen atoms in total. The lowest BCUT2D eigenvalue weighted by atomic mass is 10.3. The van der Waals surface area contributed by atoms with E-state index in [1.165, 1.54) is 23.1 Å². The molecule has 1 aromatic carbocycles. The van der Waals surface area contributed by atoms with E-state index in [-0.39, 0.29) is 5.91 Å². The second kappa shape index (κ2) is 7.54. The largest absolute Gasteiger partial charge is 0.398 e. The van der Waals surface area contributed by atoms with Crippen LogP contribution in [0.2, 0.25) is 4.34 Å². The molecule has 0 atom stereocenters. The number of hydrogen-bond donors (Lipinski definition) is 1. The molecule has 0 saturated carbocycles. The molecule has 0 unspecified atom stereocenters. The van der Waals surface area contributed by atoms with Crippen LogP contribution in [-0.4, -0.2) is 23.6 Å². The predicted octanol–water partition coefficient (Wildman–Crippen LogP) is 4.50. The van der Waals surface area contributed by atoms with Crippen LogP contribution in [0.3, 0.4) is 0 Å². The van der Waals surface area contributed by atoms with Gasteiger partial charge in [-0.2, -0.15) is 0 Å². The third kappa shape index (κ3) is 4.92. The van der Waals surface area contributed by atoms with Crippen molar-refractivity contribution in [1.82, 2.24) is 4.90 Å². The molecule has 112 valence electrons. The van der Waals surface area contributed by atoms with Gasteiger partial charge in [0.25, 0.3) is 0 Å². The molecule has 0 saturated heterocycles. The molecule has 1 amide bonds. The maximum Gasteiger partial charge on any atom is 0.233 e. The fourth-order valence-corrected chi connectivity index (χ4v) is 4.24. The number of thiophene rings is 1. The fraction of sp³-hybridized carbons (Fsp3) is 0.214. The van der Waals surface area contributed by atoms with E-state index in [4.69, 9.17) is 17.3 Å². The first kappa shape index (κ1) is 16.7. The minimum absolute atomic E-state index is 0.0592. The molecule has 1 aromatic heterocycles. The molecule has 0 aliphatic carbocycles. The molecule has 0 fully saturated rings. The summed E-state index contributed by atoms with van der Waals surface area (Å²) in [6.07, 6.45) is 0. The van der Waals surface area contributed by atoms with Gasteiger partial charge in [-0.15, -0.1) is 23.1 Å². The van der Waals surface area contributed by atoms with Crippen molar-refractivity contribution in [2.75, 3.05) is 18.5 Å². The van der Waals surface area contributed by atoms with Gasteiger partial charge in [0.2, 0.25) is 5.91 Å². The summed E-state index contributed by atoms with van der Waals surface area (Å²) >= 11 is 12.2. The molecular formula is C14H14BrClN2OS2. The Kier molecular flexibility index (Phi) is 5.98. The highest BCUT2D eigenvalue weighted by molar-refractivity contribution is 9.10. The summed E-state index contributed by atoms with van der Waals surface area (Å²) in [5, 5.41) is 0. The molecule has 2 N–H and O–H groups in total. The molecule has 0 aliphatic rings. The standard InChI is InChI=1S/C14H14BrClN2OS2/c1-18(7-10-3-5-13(16)21-10)14(19)8-20-12-6-9(15)2-4-11(12)17/h2-6H,7-8,17H2,1H3. The van der Waals surface area contributed by atoms with E-state index in [1.807, 2.05) is 30.3 Å². The topological polar surface area (TPSA) is 46.3 Å². The van der Waals surface area contributed by atoms with Crippen LogP contribution >= 0.6 is 50.6 Å². The van der Waals surface area contributed by atoms with Gasteiger partial charge >= 0.3 is 0 Å². The maximum absolute atomic E-state index is 12.1. The van der Waals surface area contributed by atoms with Crippen LogP contribution in [0.4, 0.5) is 5.69 Å². The lowest BCUT2D eigenvalue weighted by molar-refractivity contribution is -0.127. The number of thioether (sulfide) groups is 1. The number of halogens is 2. The van der Waals surface area contributed by atoms with Crippen molar-refractivity contribution in [3.8, 4) is 0 Å². The van der Waals surface area contributed by atoms with Crippen LogP contribution in [-0.2, 0) is 11.3 Å². The first-order chi connectivity index (χ1) is 9.95. The number of carbonyl (C=O) groups is 1. The lowest BCUT2D eigenvalue weighted by Crippen LogP contribution is -2.27. The molecule has 1 heterocycles. The molecule has 0 radical (unpaired) electrons. The van der Waals surface area contributed by atoms with Crippen molar-refractivity contribution in [2.45, 2.75) is 11.4 Å². The Morgan fingerprint density at radius 2 is 2.19 bits per heavy atom. The molecule has 0 spiro atoms. The fourth-order valence-electron chi connectivity index (χ4n) is 1.64. The van der Waals surface area contributed by atoms with Crippen molar-refractivity contribution >= 4 is 62.2 Å². The second-order valence-corrected chi connectivity index (χ2v) is 8.16. The normalized spacial score (nSPS) is 10.6. The van der Waals surface area contributed by atoms with Crippen LogP contribution in [0.15, 0.2) is 39.7 Å². The lowest BCUT2D eigenvalue weighted by Gasteiger charge is -2.16. The summed E-state index contributed by atoms with van der Waals surface area (Å²) in [4.78, 5) is 15.8. The molecule has 7 heteroatoms. The first-order valence-electron chi connectivity index (χ1n) is 6.11. The van der Waals surface area contributed by atoms with Crippen molar-refractivity contribution in [2.24, 2.45) is 0 Å². The average molecular weight is 406 g/mol. The van der Waals surface area contributed by atoms with Crippen LogP contribution in [0.5, 0.6) is 0 Å².